The van der Waals surface area contributed by atoms with Gasteiger partial charge >= 0.3 is 5.97 Å². The second-order valence-corrected chi connectivity index (χ2v) is 6.85. The van der Waals surface area contributed by atoms with Crippen LogP contribution in [0.1, 0.15) is 12.0 Å². The van der Waals surface area contributed by atoms with E-state index in [1.165, 1.54) is 7.11 Å². The van der Waals surface area contributed by atoms with Crippen molar-refractivity contribution < 1.29 is 19.1 Å². The third kappa shape index (κ3) is 8.07. The lowest BCUT2D eigenvalue weighted by Gasteiger charge is -2.22. The summed E-state index contributed by atoms with van der Waals surface area (Å²) in [6, 6.07) is 7.31. The third-order valence-electron chi connectivity index (χ3n) is 3.69. The zero-order valence-electron chi connectivity index (χ0n) is 14.6. The van der Waals surface area contributed by atoms with Crippen LogP contribution in [-0.2, 0) is 25.5 Å². The molecular formula is C17H24ClN3O4S. The second kappa shape index (κ2) is 11.8. The van der Waals surface area contributed by atoms with Gasteiger partial charge < -0.3 is 20.7 Å². The number of rotatable bonds is 7. The number of hydrogen-bond donors (Lipinski definition) is 3. The predicted molar refractivity (Wildman–Crippen MR) is 105 cm³/mol. The normalized spacial score (nSPS) is 16.1. The molecule has 1 aromatic carbocycles. The van der Waals surface area contributed by atoms with Gasteiger partial charge in [-0.1, -0.05) is 12.1 Å². The van der Waals surface area contributed by atoms with Crippen LogP contribution in [0.5, 0.6) is 0 Å². The van der Waals surface area contributed by atoms with Crippen LogP contribution in [0.4, 0.5) is 5.69 Å². The summed E-state index contributed by atoms with van der Waals surface area (Å²) in [5.74, 6) is 1.27. The number of hydrogen-bond acceptors (Lipinski definition) is 6. The van der Waals surface area contributed by atoms with Gasteiger partial charge in [0.15, 0.2) is 0 Å². The maximum Gasteiger partial charge on any atom is 0.325 e. The highest BCUT2D eigenvalue weighted by Gasteiger charge is 2.16. The lowest BCUT2D eigenvalue weighted by atomic mass is 10.1. The maximum absolute atomic E-state index is 12.1. The fourth-order valence-electron chi connectivity index (χ4n) is 2.38. The van der Waals surface area contributed by atoms with E-state index in [0.717, 1.165) is 23.6 Å². The van der Waals surface area contributed by atoms with Gasteiger partial charge in [-0.3, -0.25) is 14.4 Å². The highest BCUT2D eigenvalue weighted by Crippen LogP contribution is 2.13. The van der Waals surface area contributed by atoms with Crippen molar-refractivity contribution in [3.05, 3.63) is 29.8 Å². The maximum atomic E-state index is 12.1. The minimum atomic E-state index is -0.489. The average molecular weight is 402 g/mol. The van der Waals surface area contributed by atoms with Crippen LogP contribution >= 0.6 is 24.2 Å². The van der Waals surface area contributed by atoms with Crippen LogP contribution < -0.4 is 16.0 Å². The van der Waals surface area contributed by atoms with Crippen LogP contribution in [0.25, 0.3) is 0 Å². The van der Waals surface area contributed by atoms with Crippen molar-refractivity contribution in [3.63, 3.8) is 0 Å². The molecule has 26 heavy (non-hydrogen) atoms. The van der Waals surface area contributed by atoms with Gasteiger partial charge in [0.05, 0.1) is 13.5 Å². The van der Waals surface area contributed by atoms with Crippen molar-refractivity contribution in [1.29, 1.82) is 0 Å². The molecule has 0 aliphatic carbocycles. The van der Waals surface area contributed by atoms with Gasteiger partial charge in [-0.2, -0.15) is 11.8 Å². The van der Waals surface area contributed by atoms with Gasteiger partial charge in [-0.15, -0.1) is 12.4 Å². The Labute approximate surface area is 163 Å². The standard InChI is InChI=1S/C17H23N3O4S.ClH/c1-24-17(23)10-19-15(21)8-12-2-4-13(5-3-12)20-16(22)9-14-11-25-7-6-18-14;/h2-5,14,18H,6-11H2,1H3,(H,19,21)(H,20,22);1H. The topological polar surface area (TPSA) is 96.5 Å². The van der Waals surface area contributed by atoms with Gasteiger partial charge in [0.25, 0.3) is 0 Å². The van der Waals surface area contributed by atoms with Crippen LogP contribution in [-0.4, -0.2) is 55.5 Å². The van der Waals surface area contributed by atoms with Crippen molar-refractivity contribution in [1.82, 2.24) is 10.6 Å². The molecule has 3 N–H and O–H groups in total. The lowest BCUT2D eigenvalue weighted by Crippen LogP contribution is -2.39. The van der Waals surface area contributed by atoms with E-state index in [4.69, 9.17) is 0 Å². The van der Waals surface area contributed by atoms with E-state index in [9.17, 15) is 14.4 Å². The Morgan fingerprint density at radius 3 is 2.58 bits per heavy atom. The van der Waals surface area contributed by atoms with Gasteiger partial charge in [0.1, 0.15) is 6.54 Å². The number of methoxy groups -OCH3 is 1. The van der Waals surface area contributed by atoms with E-state index in [-0.39, 0.29) is 43.2 Å². The first-order chi connectivity index (χ1) is 12.1. The Hall–Kier alpha value is -1.77. The lowest BCUT2D eigenvalue weighted by molar-refractivity contribution is -0.141. The molecule has 1 unspecified atom stereocenters. The predicted octanol–water partition coefficient (Wildman–Crippen LogP) is 0.974. The third-order valence-corrected chi connectivity index (χ3v) is 4.82. The summed E-state index contributed by atoms with van der Waals surface area (Å²) in [6.45, 7) is 0.798. The number of nitrogens with one attached hydrogen (secondary N) is 3. The second-order valence-electron chi connectivity index (χ2n) is 5.70. The molecule has 0 saturated carbocycles. The Morgan fingerprint density at radius 1 is 1.23 bits per heavy atom. The first-order valence-corrected chi connectivity index (χ1v) is 9.25. The molecule has 1 aliphatic heterocycles. The largest absolute Gasteiger partial charge is 0.468 e. The SMILES string of the molecule is COC(=O)CNC(=O)Cc1ccc(NC(=O)CC2CSCCN2)cc1.Cl. The molecule has 1 saturated heterocycles. The Kier molecular flexibility index (Phi) is 10.1. The van der Waals surface area contributed by atoms with Crippen molar-refractivity contribution in [2.24, 2.45) is 0 Å². The molecule has 144 valence electrons. The number of halogens is 1. The average Bonchev–Trinajstić information content (AvgIpc) is 2.62. The van der Waals surface area contributed by atoms with Gasteiger partial charge in [0.2, 0.25) is 11.8 Å². The first-order valence-electron chi connectivity index (χ1n) is 8.10. The summed E-state index contributed by atoms with van der Waals surface area (Å²) in [4.78, 5) is 34.7. The fourth-order valence-corrected chi connectivity index (χ4v) is 3.33. The quantitative estimate of drug-likeness (QED) is 0.589. The molecule has 1 atom stereocenters. The van der Waals surface area contributed by atoms with Crippen LogP contribution in [0.3, 0.4) is 0 Å². The van der Waals surface area contributed by atoms with E-state index in [1.807, 2.05) is 11.8 Å². The van der Waals surface area contributed by atoms with Crippen molar-refractivity contribution in [3.8, 4) is 0 Å². The van der Waals surface area contributed by atoms with Crippen molar-refractivity contribution in [2.45, 2.75) is 18.9 Å². The molecule has 1 aliphatic rings. The Bertz CT molecular complexity index is 607. The number of carbonyl (C=O) groups is 3. The molecule has 2 amide bonds. The number of carbonyl (C=O) groups excluding carboxylic acids is 3. The molecule has 9 heteroatoms. The highest BCUT2D eigenvalue weighted by atomic mass is 35.5. The minimum Gasteiger partial charge on any atom is -0.468 e. The number of amides is 2. The summed E-state index contributed by atoms with van der Waals surface area (Å²) in [5.41, 5.74) is 1.50. The van der Waals surface area contributed by atoms with Crippen molar-refractivity contribution in [2.75, 3.05) is 37.0 Å². The first kappa shape index (κ1) is 22.3. The molecule has 1 aromatic rings. The summed E-state index contributed by atoms with van der Waals surface area (Å²) in [5, 5.41) is 8.68. The van der Waals surface area contributed by atoms with Gasteiger partial charge in [-0.25, -0.2) is 0 Å². The number of benzene rings is 1. The molecule has 0 spiro atoms. The Morgan fingerprint density at radius 2 is 1.96 bits per heavy atom. The summed E-state index contributed by atoms with van der Waals surface area (Å²) < 4.78 is 4.46. The number of anilines is 1. The van der Waals surface area contributed by atoms with Crippen LogP contribution in [0, 0.1) is 0 Å². The smallest absolute Gasteiger partial charge is 0.325 e. The monoisotopic (exact) mass is 401 g/mol. The van der Waals surface area contributed by atoms with E-state index in [2.05, 4.69) is 20.7 Å². The summed E-state index contributed by atoms with van der Waals surface area (Å²) in [7, 11) is 1.27. The van der Waals surface area contributed by atoms with E-state index >= 15 is 0 Å². The zero-order valence-corrected chi connectivity index (χ0v) is 16.2. The van der Waals surface area contributed by atoms with E-state index in [1.54, 1.807) is 24.3 Å². The number of thioether (sulfide) groups is 1. The zero-order chi connectivity index (χ0) is 18.1. The molecule has 1 heterocycles. The van der Waals surface area contributed by atoms with E-state index < -0.39 is 5.97 Å². The highest BCUT2D eigenvalue weighted by molar-refractivity contribution is 7.99. The molecular weight excluding hydrogens is 378 g/mol. The molecule has 0 radical (unpaired) electrons. The van der Waals surface area contributed by atoms with Gasteiger partial charge in [0, 0.05) is 36.2 Å². The molecule has 1 fully saturated rings. The number of esters is 1. The number of ether oxygens (including phenoxy) is 1. The molecule has 7 nitrogen and oxygen atoms in total. The minimum absolute atomic E-state index is 0. The molecule has 2 rings (SSSR count). The molecule has 0 bridgehead atoms. The summed E-state index contributed by atoms with van der Waals surface area (Å²) in [6.07, 6.45) is 0.610. The van der Waals surface area contributed by atoms with Crippen LogP contribution in [0.15, 0.2) is 24.3 Å². The summed E-state index contributed by atoms with van der Waals surface area (Å²) >= 11 is 1.86. The Balaban J connectivity index is 0.00000338. The van der Waals surface area contributed by atoms with Crippen LogP contribution in [0.2, 0.25) is 0 Å². The molecule has 0 aromatic heterocycles. The van der Waals surface area contributed by atoms with Gasteiger partial charge in [-0.05, 0) is 17.7 Å². The van der Waals surface area contributed by atoms with E-state index in [0.29, 0.717) is 12.1 Å². The fraction of sp³-hybridized carbons (Fsp3) is 0.471. The van der Waals surface area contributed by atoms with Crippen molar-refractivity contribution >= 4 is 47.6 Å².